The van der Waals surface area contributed by atoms with E-state index in [0.29, 0.717) is 11.6 Å². The zero-order valence-electron chi connectivity index (χ0n) is 10.9. The van der Waals surface area contributed by atoms with Gasteiger partial charge in [0.15, 0.2) is 11.7 Å². The van der Waals surface area contributed by atoms with E-state index in [1.165, 1.54) is 4.90 Å². The predicted molar refractivity (Wildman–Crippen MR) is 62.2 cm³/mol. The number of oxazole rings is 1. The van der Waals surface area contributed by atoms with Crippen LogP contribution in [0.25, 0.3) is 0 Å². The first-order valence-electron chi connectivity index (χ1n) is 5.74. The zero-order valence-corrected chi connectivity index (χ0v) is 10.9. The highest BCUT2D eigenvalue weighted by Gasteiger charge is 2.33. The molecule has 0 bridgehead atoms. The van der Waals surface area contributed by atoms with E-state index in [1.807, 2.05) is 0 Å². The highest BCUT2D eigenvalue weighted by molar-refractivity contribution is 5.98. The predicted octanol–water partition coefficient (Wildman–Crippen LogP) is 1.92. The highest BCUT2D eigenvalue weighted by Crippen LogP contribution is 2.21. The molecule has 98 valence electrons. The molecular formula is C12H16N2O4. The van der Waals surface area contributed by atoms with Crippen LogP contribution < -0.4 is 0 Å². The minimum absolute atomic E-state index is 0.0312. The van der Waals surface area contributed by atoms with Gasteiger partial charge in [-0.2, -0.15) is 0 Å². The summed E-state index contributed by atoms with van der Waals surface area (Å²) in [6.07, 6.45) is -0.512. The first-order chi connectivity index (χ1) is 8.26. The molecule has 0 fully saturated rings. The number of carbonyl (C=O) groups is 2. The second-order valence-electron chi connectivity index (χ2n) is 5.27. The van der Waals surface area contributed by atoms with Gasteiger partial charge < -0.3 is 9.15 Å². The van der Waals surface area contributed by atoms with Crippen molar-refractivity contribution in [3.05, 3.63) is 17.3 Å². The first-order valence-corrected chi connectivity index (χ1v) is 5.74. The lowest BCUT2D eigenvalue weighted by Gasteiger charge is -2.28. The Morgan fingerprint density at radius 3 is 2.67 bits per heavy atom. The fourth-order valence-corrected chi connectivity index (χ4v) is 1.73. The summed E-state index contributed by atoms with van der Waals surface area (Å²) in [4.78, 5) is 29.1. The Balaban J connectivity index is 2.16. The summed E-state index contributed by atoms with van der Waals surface area (Å²) >= 11 is 0. The van der Waals surface area contributed by atoms with Gasteiger partial charge in [-0.3, -0.25) is 9.69 Å². The zero-order chi connectivity index (χ0) is 13.5. The third-order valence-corrected chi connectivity index (χ3v) is 2.38. The number of hydrogen-bond donors (Lipinski definition) is 0. The summed E-state index contributed by atoms with van der Waals surface area (Å²) in [5.74, 6) is 0.439. The van der Waals surface area contributed by atoms with Crippen molar-refractivity contribution in [3.8, 4) is 0 Å². The average Bonchev–Trinajstić information content (AvgIpc) is 2.56. The van der Waals surface area contributed by atoms with Gasteiger partial charge in [0.1, 0.15) is 11.3 Å². The summed E-state index contributed by atoms with van der Waals surface area (Å²) < 4.78 is 10.4. The quantitative estimate of drug-likeness (QED) is 0.705. The lowest BCUT2D eigenvalue weighted by Crippen LogP contribution is -2.42. The van der Waals surface area contributed by atoms with Crippen molar-refractivity contribution in [3.63, 3.8) is 0 Å². The Hall–Kier alpha value is -1.85. The Morgan fingerprint density at radius 2 is 2.06 bits per heavy atom. The average molecular weight is 252 g/mol. The SMILES string of the molecule is Cc1nc2c(o1)C(=O)CN(C(=O)OC(C)(C)C)C2. The summed E-state index contributed by atoms with van der Waals surface area (Å²) in [6.45, 7) is 7.22. The summed E-state index contributed by atoms with van der Waals surface area (Å²) in [6, 6.07) is 0. The second-order valence-corrected chi connectivity index (χ2v) is 5.27. The molecule has 0 atom stereocenters. The van der Waals surface area contributed by atoms with Gasteiger partial charge in [0.05, 0.1) is 13.1 Å². The number of hydrogen-bond acceptors (Lipinski definition) is 5. The van der Waals surface area contributed by atoms with Crippen LogP contribution in [0.1, 0.15) is 42.9 Å². The highest BCUT2D eigenvalue weighted by atomic mass is 16.6. The van der Waals surface area contributed by atoms with Gasteiger partial charge in [-0.05, 0) is 20.8 Å². The first kappa shape index (κ1) is 12.6. The molecule has 0 aliphatic carbocycles. The molecule has 6 nitrogen and oxygen atoms in total. The fourth-order valence-electron chi connectivity index (χ4n) is 1.73. The van der Waals surface area contributed by atoms with Crippen molar-refractivity contribution in [2.45, 2.75) is 39.8 Å². The monoisotopic (exact) mass is 252 g/mol. The maximum absolute atomic E-state index is 11.9. The van der Waals surface area contributed by atoms with E-state index < -0.39 is 11.7 Å². The van der Waals surface area contributed by atoms with Gasteiger partial charge in [-0.25, -0.2) is 9.78 Å². The van der Waals surface area contributed by atoms with Crippen molar-refractivity contribution < 1.29 is 18.7 Å². The minimum Gasteiger partial charge on any atom is -0.444 e. The van der Waals surface area contributed by atoms with Gasteiger partial charge in [-0.1, -0.05) is 0 Å². The number of nitrogens with zero attached hydrogens (tertiary/aromatic N) is 2. The van der Waals surface area contributed by atoms with Crippen molar-refractivity contribution in [1.29, 1.82) is 0 Å². The number of ether oxygens (including phenoxy) is 1. The molecule has 0 aromatic carbocycles. The van der Waals surface area contributed by atoms with Crippen molar-refractivity contribution in [1.82, 2.24) is 9.88 Å². The topological polar surface area (TPSA) is 72.6 Å². The molecule has 0 spiro atoms. The minimum atomic E-state index is -0.583. The maximum Gasteiger partial charge on any atom is 0.411 e. The number of aromatic nitrogens is 1. The summed E-state index contributed by atoms with van der Waals surface area (Å²) in [7, 11) is 0. The third-order valence-electron chi connectivity index (χ3n) is 2.38. The third kappa shape index (κ3) is 2.52. The molecule has 1 amide bonds. The normalized spacial score (nSPS) is 15.6. The summed E-state index contributed by atoms with van der Waals surface area (Å²) in [5.41, 5.74) is -0.0882. The number of ketones is 1. The Bertz CT molecular complexity index is 499. The van der Waals surface area contributed by atoms with E-state index in [2.05, 4.69) is 4.98 Å². The van der Waals surface area contributed by atoms with E-state index in [0.717, 1.165) is 0 Å². The lowest BCUT2D eigenvalue weighted by atomic mass is 10.1. The Morgan fingerprint density at radius 1 is 1.39 bits per heavy atom. The van der Waals surface area contributed by atoms with Crippen LogP contribution in [-0.4, -0.2) is 33.9 Å². The van der Waals surface area contributed by atoms with E-state index in [4.69, 9.17) is 9.15 Å². The smallest absolute Gasteiger partial charge is 0.411 e. The Kier molecular flexibility index (Phi) is 2.88. The Labute approximate surface area is 105 Å². The number of carbonyl (C=O) groups excluding carboxylic acids is 2. The summed E-state index contributed by atoms with van der Waals surface area (Å²) in [5, 5.41) is 0. The van der Waals surface area contributed by atoms with Crippen LogP contribution in [0.5, 0.6) is 0 Å². The molecule has 1 aliphatic rings. The van der Waals surface area contributed by atoms with Crippen LogP contribution in [-0.2, 0) is 11.3 Å². The van der Waals surface area contributed by atoms with E-state index >= 15 is 0 Å². The molecule has 0 unspecified atom stereocenters. The van der Waals surface area contributed by atoms with Gasteiger partial charge in [0.2, 0.25) is 5.78 Å². The number of amides is 1. The van der Waals surface area contributed by atoms with E-state index in [9.17, 15) is 9.59 Å². The molecule has 1 aromatic heterocycles. The molecule has 1 aliphatic heterocycles. The van der Waals surface area contributed by atoms with Crippen molar-refractivity contribution in [2.24, 2.45) is 0 Å². The molecule has 2 rings (SSSR count). The molecule has 1 aromatic rings. The number of rotatable bonds is 0. The van der Waals surface area contributed by atoms with Gasteiger partial charge >= 0.3 is 6.09 Å². The molecule has 0 saturated carbocycles. The molecule has 2 heterocycles. The van der Waals surface area contributed by atoms with Gasteiger partial charge in [-0.15, -0.1) is 0 Å². The molecule has 0 radical (unpaired) electrons. The van der Waals surface area contributed by atoms with Crippen LogP contribution in [0, 0.1) is 6.92 Å². The number of fused-ring (bicyclic) bond motifs is 1. The van der Waals surface area contributed by atoms with E-state index in [1.54, 1.807) is 27.7 Å². The largest absolute Gasteiger partial charge is 0.444 e. The molecular weight excluding hydrogens is 236 g/mol. The standard InChI is InChI=1S/C12H16N2O4/c1-7-13-8-5-14(6-9(15)10(8)17-7)11(16)18-12(2,3)4/h5-6H2,1-4H3. The molecule has 18 heavy (non-hydrogen) atoms. The van der Waals surface area contributed by atoms with Gasteiger partial charge in [0.25, 0.3) is 0 Å². The van der Waals surface area contributed by atoms with Crippen LogP contribution in [0.15, 0.2) is 4.42 Å². The van der Waals surface area contributed by atoms with Gasteiger partial charge in [0, 0.05) is 6.92 Å². The van der Waals surface area contributed by atoms with Crippen LogP contribution in [0.2, 0.25) is 0 Å². The second kappa shape index (κ2) is 4.12. The van der Waals surface area contributed by atoms with Crippen LogP contribution in [0.3, 0.4) is 0 Å². The maximum atomic E-state index is 11.9. The lowest BCUT2D eigenvalue weighted by molar-refractivity contribution is 0.0213. The number of Topliss-reactive ketones (excluding diaryl/α,β-unsaturated/α-hetero) is 1. The fraction of sp³-hybridized carbons (Fsp3) is 0.583. The van der Waals surface area contributed by atoms with Crippen LogP contribution >= 0.6 is 0 Å². The number of aryl methyl sites for hydroxylation is 1. The molecule has 6 heteroatoms. The van der Waals surface area contributed by atoms with Crippen molar-refractivity contribution >= 4 is 11.9 Å². The van der Waals surface area contributed by atoms with Crippen LogP contribution in [0.4, 0.5) is 4.79 Å². The molecule has 0 N–H and O–H groups in total. The van der Waals surface area contributed by atoms with Crippen molar-refractivity contribution in [2.75, 3.05) is 6.54 Å². The molecule has 0 saturated heterocycles. The van der Waals surface area contributed by atoms with E-state index in [-0.39, 0.29) is 24.6 Å².